The molecule has 1 aliphatic heterocycles. The molecule has 0 saturated heterocycles. The van der Waals surface area contributed by atoms with E-state index in [9.17, 15) is 19.2 Å². The molecule has 1 heterocycles. The van der Waals surface area contributed by atoms with Gasteiger partial charge in [-0.1, -0.05) is 13.3 Å². The van der Waals surface area contributed by atoms with Gasteiger partial charge in [0.2, 0.25) is 5.91 Å². The molecule has 1 atom stereocenters. The lowest BCUT2D eigenvalue weighted by atomic mass is 9.89. The topological polar surface area (TPSA) is 110 Å². The zero-order valence-electron chi connectivity index (χ0n) is 13.5. The first-order valence-electron chi connectivity index (χ1n) is 7.30. The Morgan fingerprint density at radius 1 is 1.22 bits per heavy atom. The Balaban J connectivity index is 3.36. The number of nitrogens with zero attached hydrogens (tertiary/aromatic N) is 1. The lowest BCUT2D eigenvalue weighted by molar-refractivity contribution is -0.149. The quantitative estimate of drug-likeness (QED) is 0.686. The molecule has 0 bridgehead atoms. The minimum absolute atomic E-state index is 0.0266. The summed E-state index contributed by atoms with van der Waals surface area (Å²) in [5, 5.41) is 8.95. The Hall–Kier alpha value is -2.38. The van der Waals surface area contributed by atoms with Gasteiger partial charge < -0.3 is 19.5 Å². The maximum atomic E-state index is 12.5. The molecule has 0 aromatic carbocycles. The lowest BCUT2D eigenvalue weighted by Crippen LogP contribution is -2.45. The van der Waals surface area contributed by atoms with Crippen LogP contribution < -0.4 is 0 Å². The van der Waals surface area contributed by atoms with Crippen molar-refractivity contribution in [3.05, 3.63) is 11.3 Å². The van der Waals surface area contributed by atoms with Crippen LogP contribution in [0.4, 0.5) is 0 Å². The van der Waals surface area contributed by atoms with Crippen LogP contribution in [0, 0.1) is 5.92 Å². The number of rotatable bonds is 7. The first kappa shape index (κ1) is 18.7. The van der Waals surface area contributed by atoms with E-state index in [0.29, 0.717) is 6.42 Å². The van der Waals surface area contributed by atoms with Crippen molar-refractivity contribution in [2.24, 2.45) is 5.92 Å². The molecule has 8 nitrogen and oxygen atoms in total. The number of aliphatic carboxylic acids is 1. The fraction of sp³-hybridized carbons (Fsp3) is 0.600. The maximum absolute atomic E-state index is 12.5. The van der Waals surface area contributed by atoms with Gasteiger partial charge in [0.15, 0.2) is 0 Å². The molecule has 8 heteroatoms. The van der Waals surface area contributed by atoms with E-state index in [1.54, 1.807) is 0 Å². The maximum Gasteiger partial charge on any atom is 0.355 e. The Morgan fingerprint density at radius 3 is 2.30 bits per heavy atom. The van der Waals surface area contributed by atoms with Gasteiger partial charge in [0.25, 0.3) is 0 Å². The van der Waals surface area contributed by atoms with Crippen molar-refractivity contribution >= 4 is 23.8 Å². The average molecular weight is 327 g/mol. The third kappa shape index (κ3) is 4.30. The summed E-state index contributed by atoms with van der Waals surface area (Å²) < 4.78 is 9.34. The zero-order chi connectivity index (χ0) is 17.6. The number of unbranched alkanes of at least 4 members (excludes halogenated alkanes) is 1. The second-order valence-corrected chi connectivity index (χ2v) is 5.15. The highest BCUT2D eigenvalue weighted by molar-refractivity contribution is 6.05. The number of esters is 2. The van der Waals surface area contributed by atoms with Crippen molar-refractivity contribution in [1.29, 1.82) is 0 Å². The average Bonchev–Trinajstić information content (AvgIpc) is 2.53. The van der Waals surface area contributed by atoms with Crippen molar-refractivity contribution in [2.75, 3.05) is 20.8 Å². The number of methoxy groups -OCH3 is 2. The summed E-state index contributed by atoms with van der Waals surface area (Å²) in [5.74, 6) is -4.14. The molecular formula is C15H21NO7. The van der Waals surface area contributed by atoms with Crippen molar-refractivity contribution in [1.82, 2.24) is 4.90 Å². The van der Waals surface area contributed by atoms with Crippen molar-refractivity contribution in [3.8, 4) is 0 Å². The zero-order valence-corrected chi connectivity index (χ0v) is 13.5. The molecule has 1 aliphatic rings. The fourth-order valence-electron chi connectivity index (χ4n) is 2.47. The summed E-state index contributed by atoms with van der Waals surface area (Å²) in [6.07, 6.45) is 0.775. The molecule has 1 N–H and O–H groups in total. The summed E-state index contributed by atoms with van der Waals surface area (Å²) in [6.45, 7) is 2.11. The van der Waals surface area contributed by atoms with Gasteiger partial charge in [-0.2, -0.15) is 0 Å². The second-order valence-electron chi connectivity index (χ2n) is 5.15. The van der Waals surface area contributed by atoms with E-state index in [4.69, 9.17) is 5.11 Å². The summed E-state index contributed by atoms with van der Waals surface area (Å²) in [6, 6.07) is 0. The SMILES string of the molecule is CCCCN1C(=O)C(CC(=O)O)CC(C(=O)OC)=C1C(=O)OC. The summed E-state index contributed by atoms with van der Waals surface area (Å²) >= 11 is 0. The number of hydrogen-bond donors (Lipinski definition) is 1. The van der Waals surface area contributed by atoms with Crippen LogP contribution in [0.15, 0.2) is 11.3 Å². The number of hydrogen-bond acceptors (Lipinski definition) is 6. The molecule has 1 amide bonds. The van der Waals surface area contributed by atoms with E-state index in [1.807, 2.05) is 6.92 Å². The van der Waals surface area contributed by atoms with Gasteiger partial charge in [-0.3, -0.25) is 9.59 Å². The van der Waals surface area contributed by atoms with Gasteiger partial charge in [-0.25, -0.2) is 9.59 Å². The van der Waals surface area contributed by atoms with E-state index >= 15 is 0 Å². The molecule has 0 aromatic heterocycles. The molecule has 0 fully saturated rings. The summed E-state index contributed by atoms with van der Waals surface area (Å²) in [5.41, 5.74) is -0.180. The predicted octanol–water partition coefficient (Wildman–Crippen LogP) is 0.710. The predicted molar refractivity (Wildman–Crippen MR) is 78.0 cm³/mol. The van der Waals surface area contributed by atoms with E-state index in [-0.39, 0.29) is 24.2 Å². The van der Waals surface area contributed by atoms with E-state index in [1.165, 1.54) is 0 Å². The molecule has 1 rings (SSSR count). The third-order valence-corrected chi connectivity index (χ3v) is 3.59. The first-order valence-corrected chi connectivity index (χ1v) is 7.30. The molecule has 128 valence electrons. The fourth-order valence-corrected chi connectivity index (χ4v) is 2.47. The molecule has 0 spiro atoms. The van der Waals surface area contributed by atoms with Crippen LogP contribution in [0.2, 0.25) is 0 Å². The number of ether oxygens (including phenoxy) is 2. The highest BCUT2D eigenvalue weighted by atomic mass is 16.5. The van der Waals surface area contributed by atoms with E-state index in [2.05, 4.69) is 9.47 Å². The van der Waals surface area contributed by atoms with Crippen molar-refractivity contribution < 1.29 is 33.8 Å². The van der Waals surface area contributed by atoms with Gasteiger partial charge in [0.1, 0.15) is 5.70 Å². The van der Waals surface area contributed by atoms with Crippen LogP contribution in [0.5, 0.6) is 0 Å². The third-order valence-electron chi connectivity index (χ3n) is 3.59. The summed E-state index contributed by atoms with van der Waals surface area (Å²) in [4.78, 5) is 48.7. The largest absolute Gasteiger partial charge is 0.481 e. The van der Waals surface area contributed by atoms with Gasteiger partial charge in [0.05, 0.1) is 32.1 Å². The Bertz CT molecular complexity index is 538. The highest BCUT2D eigenvalue weighted by Gasteiger charge is 2.41. The van der Waals surface area contributed by atoms with Crippen LogP contribution in [0.1, 0.15) is 32.6 Å². The highest BCUT2D eigenvalue weighted by Crippen LogP contribution is 2.31. The van der Waals surface area contributed by atoms with Gasteiger partial charge in [0, 0.05) is 6.54 Å². The number of carbonyl (C=O) groups excluding carboxylic acids is 3. The van der Waals surface area contributed by atoms with Crippen LogP contribution in [-0.4, -0.2) is 54.6 Å². The van der Waals surface area contributed by atoms with E-state index in [0.717, 1.165) is 25.5 Å². The minimum Gasteiger partial charge on any atom is -0.481 e. The second kappa shape index (κ2) is 8.30. The molecule has 0 saturated carbocycles. The van der Waals surface area contributed by atoms with E-state index < -0.39 is 36.2 Å². The normalized spacial score (nSPS) is 18.0. The van der Waals surface area contributed by atoms with Crippen LogP contribution >= 0.6 is 0 Å². The molecule has 23 heavy (non-hydrogen) atoms. The first-order chi connectivity index (χ1) is 10.9. The Kier molecular flexibility index (Phi) is 6.74. The lowest BCUT2D eigenvalue weighted by Gasteiger charge is -2.33. The number of carboxylic acid groups (broad SMARTS) is 1. The van der Waals surface area contributed by atoms with Crippen LogP contribution in [0.3, 0.4) is 0 Å². The number of carbonyl (C=O) groups is 4. The smallest absolute Gasteiger partial charge is 0.355 e. The molecule has 0 aromatic rings. The summed E-state index contributed by atoms with van der Waals surface area (Å²) in [7, 11) is 2.30. The number of carboxylic acids is 1. The molecule has 0 radical (unpaired) electrons. The molecular weight excluding hydrogens is 306 g/mol. The Morgan fingerprint density at radius 2 is 1.83 bits per heavy atom. The van der Waals surface area contributed by atoms with Crippen molar-refractivity contribution in [2.45, 2.75) is 32.6 Å². The monoisotopic (exact) mass is 327 g/mol. The standard InChI is InChI=1S/C15H21NO7/c1-4-5-6-16-12(15(21)23-3)10(14(20)22-2)7-9(13(16)19)8-11(17)18/h9H,4-8H2,1-3H3,(H,17,18). The number of amides is 1. The van der Waals surface area contributed by atoms with Gasteiger partial charge in [-0.05, 0) is 12.8 Å². The van der Waals surface area contributed by atoms with Gasteiger partial charge in [-0.15, -0.1) is 0 Å². The van der Waals surface area contributed by atoms with Gasteiger partial charge >= 0.3 is 17.9 Å². The molecule has 1 unspecified atom stereocenters. The minimum atomic E-state index is -1.15. The van der Waals surface area contributed by atoms with Crippen LogP contribution in [-0.2, 0) is 28.7 Å². The Labute approximate surface area is 134 Å². The van der Waals surface area contributed by atoms with Crippen molar-refractivity contribution in [3.63, 3.8) is 0 Å². The van der Waals surface area contributed by atoms with Crippen LogP contribution in [0.25, 0.3) is 0 Å². The molecule has 0 aliphatic carbocycles.